The average molecular weight is 730 g/mol. The van der Waals surface area contributed by atoms with Gasteiger partial charge in [0, 0.05) is 57.6 Å². The molecule has 15 heteroatoms. The summed E-state index contributed by atoms with van der Waals surface area (Å²) >= 11 is 0. The third-order valence-electron chi connectivity index (χ3n) is 10.4. The summed E-state index contributed by atoms with van der Waals surface area (Å²) in [6.07, 6.45) is 3.22. The highest BCUT2D eigenvalue weighted by Gasteiger charge is 2.43. The Bertz CT molecular complexity index is 1330. The lowest BCUT2D eigenvalue weighted by molar-refractivity contribution is -0.147. The Morgan fingerprint density at radius 3 is 2.31 bits per heavy atom. The van der Waals surface area contributed by atoms with Gasteiger partial charge in [0.25, 0.3) is 0 Å². The van der Waals surface area contributed by atoms with Crippen molar-refractivity contribution in [2.45, 2.75) is 116 Å². The Morgan fingerprint density at radius 2 is 1.77 bits per heavy atom. The number of carbonyl (C=O) groups excluding carboxylic acids is 4. The van der Waals surface area contributed by atoms with E-state index in [1.165, 1.54) is 12.0 Å². The summed E-state index contributed by atoms with van der Waals surface area (Å²) in [5, 5.41) is 9.63. The number of hydrogen-bond acceptors (Lipinski definition) is 9. The van der Waals surface area contributed by atoms with Crippen molar-refractivity contribution in [3.63, 3.8) is 0 Å². The molecule has 0 aromatic carbocycles. The minimum atomic E-state index is -1.14. The van der Waals surface area contributed by atoms with Gasteiger partial charge in [0.15, 0.2) is 0 Å². The highest BCUT2D eigenvalue weighted by Crippen LogP contribution is 2.29. The van der Waals surface area contributed by atoms with E-state index in [9.17, 15) is 24.7 Å². The molecule has 292 valence electrons. The van der Waals surface area contributed by atoms with E-state index in [4.69, 9.17) is 9.47 Å². The number of nitrogens with one attached hydrogen (secondary N) is 2. The standard InChI is InChI=1S/C37H63N9O6/c1-12-24(4)33(45(9)37(50)31(26(6)42-43-38)41-36(49)32(23(2)3)44(7)8)29(51-10)22-30(47)46-21-15-17-28(46)34(52-11)25(5)35(48)40-20-18-27-16-13-14-19-39-27/h13-14,16,19,23-26,28-29,31-34H,12,15,17-18,20-22H2,1-11H3,(H,40,48)(H,41,49)/t24-,25+,26-,28?,29+,31-,32?,33-,34+/m0/s1. The van der Waals surface area contributed by atoms with Gasteiger partial charge < -0.3 is 29.9 Å². The van der Waals surface area contributed by atoms with Crippen molar-refractivity contribution in [2.75, 3.05) is 48.5 Å². The van der Waals surface area contributed by atoms with Crippen molar-refractivity contribution in [1.82, 2.24) is 30.3 Å². The van der Waals surface area contributed by atoms with E-state index in [0.29, 0.717) is 32.4 Å². The number of ether oxygens (including phenoxy) is 2. The second-order valence-electron chi connectivity index (χ2n) is 14.5. The van der Waals surface area contributed by atoms with Crippen LogP contribution in [0.1, 0.15) is 72.9 Å². The van der Waals surface area contributed by atoms with Crippen LogP contribution < -0.4 is 10.6 Å². The molecule has 52 heavy (non-hydrogen) atoms. The van der Waals surface area contributed by atoms with E-state index in [0.717, 1.165) is 12.1 Å². The summed E-state index contributed by atoms with van der Waals surface area (Å²) in [7, 11) is 8.31. The van der Waals surface area contributed by atoms with Crippen molar-refractivity contribution in [3.05, 3.63) is 40.5 Å². The molecule has 1 aromatic heterocycles. The number of amides is 4. The zero-order valence-corrected chi connectivity index (χ0v) is 33.1. The zero-order chi connectivity index (χ0) is 39.1. The Morgan fingerprint density at radius 1 is 1.08 bits per heavy atom. The SMILES string of the molecule is CC[C@H](C)[C@@H]([C@@H](CC(=O)N1CCCC1[C@H](OC)[C@@H](C)C(=O)NCCc1ccccn1)OC)N(C)C(=O)[C@@H](NC(=O)C(C(C)C)N(C)C)[C@H](C)N=[N+]=[N-]. The fourth-order valence-electron chi connectivity index (χ4n) is 7.46. The van der Waals surface area contributed by atoms with E-state index in [2.05, 4.69) is 25.6 Å². The highest BCUT2D eigenvalue weighted by molar-refractivity contribution is 5.90. The maximum Gasteiger partial charge on any atom is 0.245 e. The molecule has 15 nitrogen and oxygen atoms in total. The number of azide groups is 1. The van der Waals surface area contributed by atoms with Crippen LogP contribution in [0.4, 0.5) is 0 Å². The van der Waals surface area contributed by atoms with Gasteiger partial charge in [-0.25, -0.2) is 0 Å². The molecule has 9 atom stereocenters. The van der Waals surface area contributed by atoms with Crippen LogP contribution in [0.25, 0.3) is 10.4 Å². The van der Waals surface area contributed by atoms with Gasteiger partial charge in [-0.05, 0) is 56.4 Å². The lowest BCUT2D eigenvalue weighted by Gasteiger charge is -2.41. The normalized spacial score (nSPS) is 19.1. The zero-order valence-electron chi connectivity index (χ0n) is 33.1. The van der Waals surface area contributed by atoms with Crippen LogP contribution in [0.2, 0.25) is 0 Å². The minimum absolute atomic E-state index is 0.0142. The van der Waals surface area contributed by atoms with E-state index >= 15 is 0 Å². The van der Waals surface area contributed by atoms with Crippen molar-refractivity contribution in [3.8, 4) is 0 Å². The molecule has 1 fully saturated rings. The van der Waals surface area contributed by atoms with Gasteiger partial charge in [0.05, 0.1) is 48.7 Å². The van der Waals surface area contributed by atoms with E-state index in [1.54, 1.807) is 51.2 Å². The number of rotatable bonds is 21. The van der Waals surface area contributed by atoms with Gasteiger partial charge in [-0.3, -0.25) is 29.1 Å². The maximum absolute atomic E-state index is 14.3. The van der Waals surface area contributed by atoms with Gasteiger partial charge in [-0.1, -0.05) is 59.1 Å². The Labute approximate surface area is 310 Å². The number of nitrogens with zero attached hydrogens (tertiary/aromatic N) is 7. The smallest absolute Gasteiger partial charge is 0.245 e. The molecule has 2 unspecified atom stereocenters. The third-order valence-corrected chi connectivity index (χ3v) is 10.4. The Hall–Kier alpha value is -3.78. The van der Waals surface area contributed by atoms with Crippen LogP contribution in [0.5, 0.6) is 0 Å². The number of aromatic nitrogens is 1. The molecular weight excluding hydrogens is 666 g/mol. The summed E-state index contributed by atoms with van der Waals surface area (Å²) in [5.41, 5.74) is 10.1. The Balaban J connectivity index is 2.27. The van der Waals surface area contributed by atoms with Gasteiger partial charge in [0.2, 0.25) is 23.6 Å². The number of carbonyl (C=O) groups is 4. The number of pyridine rings is 1. The first-order valence-electron chi connectivity index (χ1n) is 18.4. The fraction of sp³-hybridized carbons (Fsp3) is 0.757. The number of methoxy groups -OCH3 is 2. The molecule has 4 amide bonds. The molecule has 0 saturated carbocycles. The summed E-state index contributed by atoms with van der Waals surface area (Å²) in [5.74, 6) is -1.78. The second kappa shape index (κ2) is 21.7. The quantitative estimate of drug-likeness (QED) is 0.110. The first kappa shape index (κ1) is 44.4. The monoisotopic (exact) mass is 729 g/mol. The van der Waals surface area contributed by atoms with Crippen molar-refractivity contribution >= 4 is 23.6 Å². The third kappa shape index (κ3) is 11.9. The highest BCUT2D eigenvalue weighted by atomic mass is 16.5. The molecule has 1 aliphatic rings. The van der Waals surface area contributed by atoms with Crippen LogP contribution >= 0.6 is 0 Å². The number of likely N-dealkylation sites (N-methyl/N-ethyl adjacent to an activating group) is 2. The van der Waals surface area contributed by atoms with Crippen LogP contribution in [0, 0.1) is 17.8 Å². The first-order chi connectivity index (χ1) is 24.6. The average Bonchev–Trinajstić information content (AvgIpc) is 3.59. The molecule has 0 spiro atoms. The second-order valence-corrected chi connectivity index (χ2v) is 14.5. The molecule has 2 heterocycles. The van der Waals surface area contributed by atoms with Gasteiger partial charge in [0.1, 0.15) is 6.04 Å². The van der Waals surface area contributed by atoms with Crippen LogP contribution in [-0.2, 0) is 35.1 Å². The van der Waals surface area contributed by atoms with Gasteiger partial charge in [-0.2, -0.15) is 0 Å². The first-order valence-corrected chi connectivity index (χ1v) is 18.4. The van der Waals surface area contributed by atoms with Crippen LogP contribution in [0.3, 0.4) is 0 Å². The molecular formula is C37H63N9O6. The van der Waals surface area contributed by atoms with E-state index in [1.807, 2.05) is 52.8 Å². The molecule has 0 radical (unpaired) electrons. The molecule has 1 aromatic rings. The summed E-state index contributed by atoms with van der Waals surface area (Å²) in [4.78, 5) is 67.4. The number of hydrogen-bond donors (Lipinski definition) is 2. The van der Waals surface area contributed by atoms with Crippen molar-refractivity contribution in [2.24, 2.45) is 22.9 Å². The van der Waals surface area contributed by atoms with Gasteiger partial charge in [-0.15, -0.1) is 0 Å². The largest absolute Gasteiger partial charge is 0.379 e. The molecule has 0 bridgehead atoms. The number of likely N-dealkylation sites (tertiary alicyclic amines) is 1. The summed E-state index contributed by atoms with van der Waals surface area (Å²) in [6, 6.07) is 2.26. The van der Waals surface area contributed by atoms with Gasteiger partial charge >= 0.3 is 0 Å². The summed E-state index contributed by atoms with van der Waals surface area (Å²) < 4.78 is 11.9. The minimum Gasteiger partial charge on any atom is -0.379 e. The fourth-order valence-corrected chi connectivity index (χ4v) is 7.46. The Kier molecular flexibility index (Phi) is 18.5. The lowest BCUT2D eigenvalue weighted by atomic mass is 9.89. The molecule has 2 N–H and O–H groups in total. The molecule has 1 aliphatic heterocycles. The van der Waals surface area contributed by atoms with Crippen molar-refractivity contribution in [1.29, 1.82) is 0 Å². The predicted octanol–water partition coefficient (Wildman–Crippen LogP) is 3.43. The van der Waals surface area contributed by atoms with Crippen LogP contribution in [0.15, 0.2) is 29.5 Å². The van der Waals surface area contributed by atoms with E-state index < -0.39 is 48.2 Å². The maximum atomic E-state index is 14.3. The lowest BCUT2D eigenvalue weighted by Crippen LogP contribution is -2.60. The summed E-state index contributed by atoms with van der Waals surface area (Å²) in [6.45, 7) is 12.2. The molecule has 2 rings (SSSR count). The van der Waals surface area contributed by atoms with Crippen molar-refractivity contribution < 1.29 is 28.7 Å². The topological polar surface area (TPSA) is 182 Å². The molecule has 0 aliphatic carbocycles. The van der Waals surface area contributed by atoms with Crippen LogP contribution in [-0.4, -0.2) is 134 Å². The molecule has 1 saturated heterocycles. The van der Waals surface area contributed by atoms with E-state index in [-0.39, 0.29) is 42.0 Å². The predicted molar refractivity (Wildman–Crippen MR) is 200 cm³/mol.